The summed E-state index contributed by atoms with van der Waals surface area (Å²) in [4.78, 5) is 29.1. The van der Waals surface area contributed by atoms with Gasteiger partial charge >= 0.3 is 6.09 Å². The Balaban J connectivity index is 1.93. The van der Waals surface area contributed by atoms with E-state index in [9.17, 15) is 9.59 Å². The van der Waals surface area contributed by atoms with Crippen molar-refractivity contribution in [3.05, 3.63) is 23.4 Å². The van der Waals surface area contributed by atoms with Gasteiger partial charge in [-0.2, -0.15) is 0 Å². The standard InChI is InChI=1S/C20H30N2O4/c1-20(2,3)26-19(24)22-12-6-8-16-10-11-17(21-18(16)22)9-7-15-25-14-5-4-13-23/h10-11,13H,4-9,12,14-15H2,1-3H3. The number of hydrogen-bond acceptors (Lipinski definition) is 5. The number of unbranched alkanes of at least 4 members (excludes halogenated alkanes) is 1. The van der Waals surface area contributed by atoms with Crippen molar-refractivity contribution in [1.82, 2.24) is 4.98 Å². The van der Waals surface area contributed by atoms with Crippen LogP contribution < -0.4 is 4.90 Å². The van der Waals surface area contributed by atoms with Crippen LogP contribution in [-0.4, -0.2) is 42.7 Å². The summed E-state index contributed by atoms with van der Waals surface area (Å²) >= 11 is 0. The third-order valence-electron chi connectivity index (χ3n) is 4.04. The minimum Gasteiger partial charge on any atom is -0.443 e. The Labute approximate surface area is 155 Å². The molecule has 0 radical (unpaired) electrons. The molecule has 1 aliphatic heterocycles. The fourth-order valence-electron chi connectivity index (χ4n) is 2.84. The van der Waals surface area contributed by atoms with Crippen LogP contribution in [0.1, 0.15) is 57.7 Å². The lowest BCUT2D eigenvalue weighted by Gasteiger charge is -2.31. The predicted octanol–water partition coefficient (Wildman–Crippen LogP) is 3.70. The predicted molar refractivity (Wildman–Crippen MR) is 101 cm³/mol. The molecule has 0 aromatic carbocycles. The summed E-state index contributed by atoms with van der Waals surface area (Å²) in [5, 5.41) is 0. The lowest BCUT2D eigenvalue weighted by atomic mass is 10.0. The Morgan fingerprint density at radius 3 is 2.77 bits per heavy atom. The van der Waals surface area contributed by atoms with Crippen molar-refractivity contribution in [2.75, 3.05) is 24.7 Å². The SMILES string of the molecule is CC(C)(C)OC(=O)N1CCCc2ccc(CCCOCCCC=O)nc21. The molecule has 0 spiro atoms. The van der Waals surface area contributed by atoms with Crippen molar-refractivity contribution >= 4 is 18.2 Å². The minimum absolute atomic E-state index is 0.332. The molecule has 0 fully saturated rings. The number of ether oxygens (including phenoxy) is 2. The maximum absolute atomic E-state index is 12.5. The second-order valence-corrected chi connectivity index (χ2v) is 7.55. The molecule has 0 N–H and O–H groups in total. The van der Waals surface area contributed by atoms with Crippen LogP contribution in [0.25, 0.3) is 0 Å². The van der Waals surface area contributed by atoms with Gasteiger partial charge in [0.25, 0.3) is 0 Å². The molecule has 0 saturated heterocycles. The number of aromatic nitrogens is 1. The summed E-state index contributed by atoms with van der Waals surface area (Å²) in [7, 11) is 0. The Bertz CT molecular complexity index is 610. The van der Waals surface area contributed by atoms with Crippen LogP contribution in [-0.2, 0) is 27.1 Å². The van der Waals surface area contributed by atoms with Crippen LogP contribution >= 0.6 is 0 Å². The average molecular weight is 362 g/mol. The van der Waals surface area contributed by atoms with Gasteiger partial charge in [0.15, 0.2) is 0 Å². The first-order valence-corrected chi connectivity index (χ1v) is 9.41. The normalized spacial score (nSPS) is 14.0. The minimum atomic E-state index is -0.520. The number of anilines is 1. The van der Waals surface area contributed by atoms with Gasteiger partial charge in [-0.15, -0.1) is 0 Å². The molecular weight excluding hydrogens is 332 g/mol. The van der Waals surface area contributed by atoms with Gasteiger partial charge in [0.2, 0.25) is 0 Å². The fraction of sp³-hybridized carbons (Fsp3) is 0.650. The first-order chi connectivity index (χ1) is 12.4. The molecule has 1 amide bonds. The van der Waals surface area contributed by atoms with E-state index >= 15 is 0 Å². The van der Waals surface area contributed by atoms with E-state index < -0.39 is 5.60 Å². The zero-order valence-corrected chi connectivity index (χ0v) is 16.1. The van der Waals surface area contributed by atoms with E-state index in [0.29, 0.717) is 26.2 Å². The smallest absolute Gasteiger partial charge is 0.416 e. The number of carbonyl (C=O) groups excluding carboxylic acids is 2. The molecule has 0 saturated carbocycles. The van der Waals surface area contributed by atoms with E-state index in [-0.39, 0.29) is 6.09 Å². The number of carbonyl (C=O) groups is 2. The summed E-state index contributed by atoms with van der Waals surface area (Å²) in [6, 6.07) is 4.10. The number of nitrogens with zero attached hydrogens (tertiary/aromatic N) is 2. The summed E-state index contributed by atoms with van der Waals surface area (Å²) < 4.78 is 11.0. The van der Waals surface area contributed by atoms with E-state index in [4.69, 9.17) is 14.5 Å². The zero-order valence-electron chi connectivity index (χ0n) is 16.1. The highest BCUT2D eigenvalue weighted by Crippen LogP contribution is 2.27. The van der Waals surface area contributed by atoms with Crippen LogP contribution in [0.2, 0.25) is 0 Å². The Morgan fingerprint density at radius 2 is 2.04 bits per heavy atom. The molecular formula is C20H30N2O4. The van der Waals surface area contributed by atoms with Gasteiger partial charge in [-0.05, 0) is 64.5 Å². The maximum Gasteiger partial charge on any atom is 0.416 e. The van der Waals surface area contributed by atoms with Crippen LogP contribution in [0, 0.1) is 0 Å². The monoisotopic (exact) mass is 362 g/mol. The Morgan fingerprint density at radius 1 is 1.27 bits per heavy atom. The number of hydrogen-bond donors (Lipinski definition) is 0. The molecule has 6 nitrogen and oxygen atoms in total. The van der Waals surface area contributed by atoms with Crippen molar-refractivity contribution in [2.24, 2.45) is 0 Å². The van der Waals surface area contributed by atoms with Gasteiger partial charge in [0, 0.05) is 31.9 Å². The summed E-state index contributed by atoms with van der Waals surface area (Å²) in [5.41, 5.74) is 1.53. The summed E-state index contributed by atoms with van der Waals surface area (Å²) in [6.07, 6.45) is 5.41. The number of rotatable bonds is 8. The van der Waals surface area contributed by atoms with E-state index in [1.807, 2.05) is 26.8 Å². The molecule has 0 atom stereocenters. The van der Waals surface area contributed by atoms with Crippen molar-refractivity contribution in [1.29, 1.82) is 0 Å². The highest BCUT2D eigenvalue weighted by Gasteiger charge is 2.28. The van der Waals surface area contributed by atoms with Crippen molar-refractivity contribution < 1.29 is 19.1 Å². The van der Waals surface area contributed by atoms with E-state index in [0.717, 1.165) is 55.5 Å². The lowest BCUT2D eigenvalue weighted by Crippen LogP contribution is -2.40. The van der Waals surface area contributed by atoms with Crippen LogP contribution in [0.4, 0.5) is 10.6 Å². The molecule has 0 aliphatic carbocycles. The number of fused-ring (bicyclic) bond motifs is 1. The number of aldehydes is 1. The lowest BCUT2D eigenvalue weighted by molar-refractivity contribution is -0.108. The van der Waals surface area contributed by atoms with E-state index in [2.05, 4.69) is 6.07 Å². The number of amides is 1. The average Bonchev–Trinajstić information content (AvgIpc) is 2.59. The van der Waals surface area contributed by atoms with E-state index in [1.165, 1.54) is 0 Å². The quantitative estimate of drug-likeness (QED) is 0.521. The van der Waals surface area contributed by atoms with Gasteiger partial charge in [-0.25, -0.2) is 9.78 Å². The molecule has 144 valence electrons. The molecule has 1 aliphatic rings. The van der Waals surface area contributed by atoms with E-state index in [1.54, 1.807) is 4.90 Å². The molecule has 2 rings (SSSR count). The van der Waals surface area contributed by atoms with Crippen molar-refractivity contribution in [3.8, 4) is 0 Å². The Hall–Kier alpha value is -1.95. The summed E-state index contributed by atoms with van der Waals surface area (Å²) in [5.74, 6) is 0.731. The van der Waals surface area contributed by atoms with Gasteiger partial charge < -0.3 is 14.3 Å². The zero-order chi connectivity index (χ0) is 19.0. The number of aryl methyl sites for hydroxylation is 2. The molecule has 0 unspecified atom stereocenters. The molecule has 0 bridgehead atoms. The molecule has 2 heterocycles. The van der Waals surface area contributed by atoms with Gasteiger partial charge in [-0.1, -0.05) is 6.07 Å². The second-order valence-electron chi connectivity index (χ2n) is 7.55. The highest BCUT2D eigenvalue weighted by molar-refractivity contribution is 5.88. The van der Waals surface area contributed by atoms with Gasteiger partial charge in [-0.3, -0.25) is 4.90 Å². The first-order valence-electron chi connectivity index (χ1n) is 9.41. The van der Waals surface area contributed by atoms with Gasteiger partial charge in [0.1, 0.15) is 17.7 Å². The third-order valence-corrected chi connectivity index (χ3v) is 4.04. The Kier molecular flexibility index (Phi) is 7.57. The topological polar surface area (TPSA) is 68.7 Å². The summed E-state index contributed by atoms with van der Waals surface area (Å²) in [6.45, 7) is 7.51. The second kappa shape index (κ2) is 9.67. The molecule has 6 heteroatoms. The number of pyridine rings is 1. The van der Waals surface area contributed by atoms with Crippen molar-refractivity contribution in [3.63, 3.8) is 0 Å². The molecule has 1 aromatic rings. The van der Waals surface area contributed by atoms with Crippen LogP contribution in [0.5, 0.6) is 0 Å². The van der Waals surface area contributed by atoms with Crippen LogP contribution in [0.3, 0.4) is 0 Å². The highest BCUT2D eigenvalue weighted by atomic mass is 16.6. The van der Waals surface area contributed by atoms with Crippen molar-refractivity contribution in [2.45, 2.75) is 64.9 Å². The largest absolute Gasteiger partial charge is 0.443 e. The first kappa shape index (κ1) is 20.4. The fourth-order valence-corrected chi connectivity index (χ4v) is 2.84. The molecule has 1 aromatic heterocycles. The van der Waals surface area contributed by atoms with Gasteiger partial charge in [0.05, 0.1) is 0 Å². The maximum atomic E-state index is 12.5. The van der Waals surface area contributed by atoms with Crippen LogP contribution in [0.15, 0.2) is 12.1 Å². The molecule has 26 heavy (non-hydrogen) atoms. The third kappa shape index (κ3) is 6.41.